The molecule has 1 unspecified atom stereocenters. The largest absolute Gasteiger partial charge is 0.466 e. The van der Waals surface area contributed by atoms with E-state index in [4.69, 9.17) is 4.74 Å². The van der Waals surface area contributed by atoms with Crippen molar-refractivity contribution in [3.8, 4) is 0 Å². The third-order valence-electron chi connectivity index (χ3n) is 3.06. The Morgan fingerprint density at radius 1 is 1.33 bits per heavy atom. The van der Waals surface area contributed by atoms with Gasteiger partial charge in [0.25, 0.3) is 5.91 Å². The van der Waals surface area contributed by atoms with Crippen LogP contribution in [-0.4, -0.2) is 32.6 Å². The molecule has 1 rings (SSSR count). The van der Waals surface area contributed by atoms with Crippen molar-refractivity contribution >= 4 is 11.9 Å². The summed E-state index contributed by atoms with van der Waals surface area (Å²) in [5.41, 5.74) is -1.31. The van der Waals surface area contributed by atoms with Gasteiger partial charge in [0.2, 0.25) is 0 Å². The lowest BCUT2D eigenvalue weighted by Crippen LogP contribution is -2.44. The van der Waals surface area contributed by atoms with Crippen LogP contribution in [-0.2, 0) is 24.7 Å². The van der Waals surface area contributed by atoms with Crippen LogP contribution in [0.5, 0.6) is 0 Å². The van der Waals surface area contributed by atoms with E-state index in [9.17, 15) is 14.0 Å². The summed E-state index contributed by atoms with van der Waals surface area (Å²) in [5.74, 6) is -1.56. The molecule has 0 radical (unpaired) electrons. The first-order chi connectivity index (χ1) is 9.95. The SMILES string of the molecule is COC(=O)/C=C/CNC(=O)C(C)(OC)c1ccccc1F. The zero-order chi connectivity index (χ0) is 15.9. The number of benzene rings is 1. The molecule has 114 valence electrons. The first-order valence-electron chi connectivity index (χ1n) is 6.28. The van der Waals surface area contributed by atoms with Gasteiger partial charge in [0.05, 0.1) is 7.11 Å². The lowest BCUT2D eigenvalue weighted by molar-refractivity contribution is -0.142. The minimum absolute atomic E-state index is 0.0985. The molecule has 0 saturated heterocycles. The van der Waals surface area contributed by atoms with E-state index >= 15 is 0 Å². The lowest BCUT2D eigenvalue weighted by atomic mass is 9.94. The highest BCUT2D eigenvalue weighted by molar-refractivity contribution is 5.86. The van der Waals surface area contributed by atoms with Crippen LogP contribution in [0.2, 0.25) is 0 Å². The van der Waals surface area contributed by atoms with E-state index in [2.05, 4.69) is 10.1 Å². The fraction of sp³-hybridized carbons (Fsp3) is 0.333. The zero-order valence-electron chi connectivity index (χ0n) is 12.2. The summed E-state index contributed by atoms with van der Waals surface area (Å²) in [4.78, 5) is 23.1. The van der Waals surface area contributed by atoms with Crippen molar-refractivity contribution in [3.63, 3.8) is 0 Å². The van der Waals surface area contributed by atoms with Crippen LogP contribution in [0.15, 0.2) is 36.4 Å². The standard InChI is InChI=1S/C15H18FNO4/c1-15(21-3,11-7-4-5-8-12(11)16)14(19)17-10-6-9-13(18)20-2/h4-9H,10H2,1-3H3,(H,17,19)/b9-6+. The highest BCUT2D eigenvalue weighted by Crippen LogP contribution is 2.27. The monoisotopic (exact) mass is 295 g/mol. The van der Waals surface area contributed by atoms with Gasteiger partial charge in [-0.1, -0.05) is 24.3 Å². The fourth-order valence-electron chi connectivity index (χ4n) is 1.72. The van der Waals surface area contributed by atoms with Crippen molar-refractivity contribution in [3.05, 3.63) is 47.8 Å². The first kappa shape index (κ1) is 16.8. The molecule has 0 saturated carbocycles. The number of ether oxygens (including phenoxy) is 2. The summed E-state index contributed by atoms with van der Waals surface area (Å²) in [7, 11) is 2.59. The van der Waals surface area contributed by atoms with Gasteiger partial charge in [0, 0.05) is 25.3 Å². The summed E-state index contributed by atoms with van der Waals surface area (Å²) in [6.45, 7) is 1.58. The molecule has 1 atom stereocenters. The van der Waals surface area contributed by atoms with Crippen LogP contribution < -0.4 is 5.32 Å². The van der Waals surface area contributed by atoms with Gasteiger partial charge in [-0.3, -0.25) is 4.79 Å². The molecule has 21 heavy (non-hydrogen) atoms. The van der Waals surface area contributed by atoms with Crippen molar-refractivity contribution in [2.75, 3.05) is 20.8 Å². The first-order valence-corrected chi connectivity index (χ1v) is 6.28. The number of hydrogen-bond acceptors (Lipinski definition) is 4. The molecule has 1 aromatic rings. The number of halogens is 1. The van der Waals surface area contributed by atoms with E-state index in [0.29, 0.717) is 0 Å². The van der Waals surface area contributed by atoms with Gasteiger partial charge in [0.15, 0.2) is 5.60 Å². The van der Waals surface area contributed by atoms with Crippen LogP contribution in [0.3, 0.4) is 0 Å². The Morgan fingerprint density at radius 2 is 2.00 bits per heavy atom. The molecule has 0 aliphatic carbocycles. The molecule has 5 nitrogen and oxygen atoms in total. The molecule has 6 heteroatoms. The third-order valence-corrected chi connectivity index (χ3v) is 3.06. The highest BCUT2D eigenvalue weighted by atomic mass is 19.1. The van der Waals surface area contributed by atoms with E-state index in [0.717, 1.165) is 0 Å². The quantitative estimate of drug-likeness (QED) is 0.638. The van der Waals surface area contributed by atoms with Crippen LogP contribution in [0.25, 0.3) is 0 Å². The predicted octanol–water partition coefficient (Wildman–Crippen LogP) is 1.53. The summed E-state index contributed by atoms with van der Waals surface area (Å²) >= 11 is 0. The van der Waals surface area contributed by atoms with Crippen molar-refractivity contribution in [1.82, 2.24) is 5.32 Å². The van der Waals surface area contributed by atoms with Crippen molar-refractivity contribution in [2.24, 2.45) is 0 Å². The summed E-state index contributed by atoms with van der Waals surface area (Å²) < 4.78 is 23.5. The second kappa shape index (κ2) is 7.54. The molecule has 1 amide bonds. The van der Waals surface area contributed by atoms with Crippen molar-refractivity contribution in [2.45, 2.75) is 12.5 Å². The summed E-state index contributed by atoms with van der Waals surface area (Å²) in [5, 5.41) is 2.55. The maximum atomic E-state index is 13.8. The topological polar surface area (TPSA) is 64.6 Å². The van der Waals surface area contributed by atoms with Gasteiger partial charge < -0.3 is 14.8 Å². The molecule has 0 bridgehead atoms. The third kappa shape index (κ3) is 4.13. The van der Waals surface area contributed by atoms with Crippen LogP contribution in [0.4, 0.5) is 4.39 Å². The molecule has 0 spiro atoms. The second-order valence-corrected chi connectivity index (χ2v) is 4.35. The number of methoxy groups -OCH3 is 2. The number of carbonyl (C=O) groups excluding carboxylic acids is 2. The predicted molar refractivity (Wildman–Crippen MR) is 74.9 cm³/mol. The Labute approximate surface area is 122 Å². The van der Waals surface area contributed by atoms with Crippen LogP contribution >= 0.6 is 0 Å². The smallest absolute Gasteiger partial charge is 0.330 e. The van der Waals surface area contributed by atoms with Gasteiger partial charge in [-0.25, -0.2) is 9.18 Å². The number of amides is 1. The van der Waals surface area contributed by atoms with E-state index in [-0.39, 0.29) is 12.1 Å². The molecule has 0 heterocycles. The number of esters is 1. The molecule has 1 N–H and O–H groups in total. The average Bonchev–Trinajstić information content (AvgIpc) is 2.50. The molecule has 0 fully saturated rings. The van der Waals surface area contributed by atoms with Gasteiger partial charge in [-0.15, -0.1) is 0 Å². The summed E-state index contributed by atoms with van der Waals surface area (Å²) in [6, 6.07) is 5.91. The molecule has 0 aliphatic heterocycles. The number of rotatable bonds is 6. The van der Waals surface area contributed by atoms with Crippen molar-refractivity contribution in [1.29, 1.82) is 0 Å². The maximum Gasteiger partial charge on any atom is 0.330 e. The van der Waals surface area contributed by atoms with Gasteiger partial charge in [-0.05, 0) is 13.0 Å². The van der Waals surface area contributed by atoms with Gasteiger partial charge >= 0.3 is 5.97 Å². The van der Waals surface area contributed by atoms with Crippen LogP contribution in [0.1, 0.15) is 12.5 Å². The molecular weight excluding hydrogens is 277 g/mol. The second-order valence-electron chi connectivity index (χ2n) is 4.35. The van der Waals surface area contributed by atoms with E-state index in [1.54, 1.807) is 6.07 Å². The average molecular weight is 295 g/mol. The lowest BCUT2D eigenvalue weighted by Gasteiger charge is -2.27. The Balaban J connectivity index is 2.80. The molecular formula is C15H18FNO4. The van der Waals surface area contributed by atoms with Crippen molar-refractivity contribution < 1.29 is 23.5 Å². The molecule has 0 aliphatic rings. The minimum atomic E-state index is -1.45. The van der Waals surface area contributed by atoms with E-state index < -0.39 is 23.3 Å². The van der Waals surface area contributed by atoms with E-state index in [1.807, 2.05) is 0 Å². The fourth-order valence-corrected chi connectivity index (χ4v) is 1.72. The Hall–Kier alpha value is -2.21. The number of carbonyl (C=O) groups is 2. The zero-order valence-corrected chi connectivity index (χ0v) is 12.2. The van der Waals surface area contributed by atoms with Gasteiger partial charge in [-0.2, -0.15) is 0 Å². The molecule has 0 aromatic heterocycles. The van der Waals surface area contributed by atoms with E-state index in [1.165, 1.54) is 51.5 Å². The number of hydrogen-bond donors (Lipinski definition) is 1. The normalized spacial score (nSPS) is 13.7. The van der Waals surface area contributed by atoms with Gasteiger partial charge in [0.1, 0.15) is 5.82 Å². The Morgan fingerprint density at radius 3 is 2.57 bits per heavy atom. The minimum Gasteiger partial charge on any atom is -0.466 e. The highest BCUT2D eigenvalue weighted by Gasteiger charge is 2.37. The summed E-state index contributed by atoms with van der Waals surface area (Å²) in [6.07, 6.45) is 2.62. The van der Waals surface area contributed by atoms with Crippen LogP contribution in [0, 0.1) is 5.82 Å². The Kier molecular flexibility index (Phi) is 6.05. The maximum absolute atomic E-state index is 13.8. The number of nitrogens with one attached hydrogen (secondary N) is 1. The Bertz CT molecular complexity index is 544. The molecule has 1 aromatic carbocycles.